The lowest BCUT2D eigenvalue weighted by atomic mass is 10.0. The first-order valence-corrected chi connectivity index (χ1v) is 16.6. The predicted octanol–water partition coefficient (Wildman–Crippen LogP) is 11.1. The van der Waals surface area contributed by atoms with E-state index in [4.69, 9.17) is 19.9 Å². The van der Waals surface area contributed by atoms with Gasteiger partial charge in [-0.2, -0.15) is 0 Å². The molecule has 0 amide bonds. The van der Waals surface area contributed by atoms with Crippen molar-refractivity contribution in [2.45, 2.75) is 0 Å². The Hall–Kier alpha value is -6.85. The lowest BCUT2D eigenvalue weighted by Crippen LogP contribution is -1.90. The van der Waals surface area contributed by atoms with Gasteiger partial charge in [-0.15, -0.1) is 0 Å². The minimum atomic E-state index is 0.859. The monoisotopic (exact) mass is 637 g/mol. The molecule has 0 atom stereocenters. The second kappa shape index (κ2) is 11.4. The fraction of sp³-hybridized carbons (Fsp3) is 0. The van der Waals surface area contributed by atoms with E-state index in [1.165, 1.54) is 0 Å². The Balaban J connectivity index is 0.965. The molecule has 0 saturated heterocycles. The summed E-state index contributed by atoms with van der Waals surface area (Å²) in [5.74, 6) is 0. The summed E-state index contributed by atoms with van der Waals surface area (Å²) in [4.78, 5) is 24.5. The molecule has 10 rings (SSSR count). The zero-order valence-electron chi connectivity index (χ0n) is 26.8. The highest BCUT2D eigenvalue weighted by molar-refractivity contribution is 6.03. The Labute approximate surface area is 287 Å². The van der Waals surface area contributed by atoms with Crippen LogP contribution in [0, 0.1) is 0 Å². The van der Waals surface area contributed by atoms with Crippen molar-refractivity contribution in [2.24, 2.45) is 0 Å². The van der Waals surface area contributed by atoms with Gasteiger partial charge in [0.05, 0.1) is 44.8 Å². The number of aromatic nitrogens is 5. The minimum absolute atomic E-state index is 0.859. The summed E-state index contributed by atoms with van der Waals surface area (Å²) in [7, 11) is 0. The molecule has 5 heteroatoms. The second-order valence-corrected chi connectivity index (χ2v) is 12.6. The van der Waals surface area contributed by atoms with Crippen molar-refractivity contribution in [1.29, 1.82) is 0 Å². The Kier molecular flexibility index (Phi) is 6.42. The Bertz CT molecular complexity index is 2930. The number of nitrogens with zero attached hydrogens (tertiary/aromatic N) is 5. The maximum atomic E-state index is 5.10. The molecule has 0 saturated carbocycles. The molecule has 5 aromatic carbocycles. The second-order valence-electron chi connectivity index (χ2n) is 12.6. The topological polar surface area (TPSA) is 64.5 Å². The van der Waals surface area contributed by atoms with Crippen molar-refractivity contribution in [3.05, 3.63) is 164 Å². The summed E-state index contributed by atoms with van der Waals surface area (Å²) < 4.78 is 0. The van der Waals surface area contributed by atoms with E-state index in [1.807, 2.05) is 36.7 Å². The van der Waals surface area contributed by atoms with Crippen LogP contribution >= 0.6 is 0 Å². The third-order valence-electron chi connectivity index (χ3n) is 9.52. The molecule has 5 aromatic heterocycles. The van der Waals surface area contributed by atoms with Gasteiger partial charge in [-0.05, 0) is 59.0 Å². The zero-order valence-corrected chi connectivity index (χ0v) is 26.8. The van der Waals surface area contributed by atoms with Gasteiger partial charge >= 0.3 is 0 Å². The highest BCUT2D eigenvalue weighted by atomic mass is 14.8. The molecule has 0 bridgehead atoms. The normalized spacial score (nSPS) is 11.6. The van der Waals surface area contributed by atoms with Crippen molar-refractivity contribution in [2.75, 3.05) is 0 Å². The number of hydrogen-bond acceptors (Lipinski definition) is 5. The van der Waals surface area contributed by atoms with Gasteiger partial charge in [0.2, 0.25) is 0 Å². The van der Waals surface area contributed by atoms with E-state index in [0.717, 1.165) is 99.4 Å². The summed E-state index contributed by atoms with van der Waals surface area (Å²) >= 11 is 0. The third-order valence-corrected chi connectivity index (χ3v) is 9.52. The number of hydrogen-bond donors (Lipinski definition) is 0. The molecule has 0 aliphatic rings. The van der Waals surface area contributed by atoms with E-state index < -0.39 is 0 Å². The van der Waals surface area contributed by atoms with Crippen LogP contribution in [0.15, 0.2) is 164 Å². The molecular formula is C45H27N5. The quantitative estimate of drug-likeness (QED) is 0.180. The molecule has 10 aromatic rings. The summed E-state index contributed by atoms with van der Waals surface area (Å²) in [5.41, 5.74) is 11.6. The fourth-order valence-electron chi connectivity index (χ4n) is 6.82. The van der Waals surface area contributed by atoms with Crippen LogP contribution in [0.3, 0.4) is 0 Å². The van der Waals surface area contributed by atoms with E-state index in [2.05, 4.69) is 132 Å². The summed E-state index contributed by atoms with van der Waals surface area (Å²) in [6.45, 7) is 0. The van der Waals surface area contributed by atoms with Gasteiger partial charge in [0.25, 0.3) is 0 Å². The number of pyridine rings is 5. The average Bonchev–Trinajstić information content (AvgIpc) is 3.19. The van der Waals surface area contributed by atoms with Crippen LogP contribution in [-0.2, 0) is 0 Å². The molecule has 50 heavy (non-hydrogen) atoms. The third kappa shape index (κ3) is 4.92. The first-order chi connectivity index (χ1) is 24.7. The van der Waals surface area contributed by atoms with Gasteiger partial charge in [-0.1, -0.05) is 109 Å². The van der Waals surface area contributed by atoms with E-state index >= 15 is 0 Å². The largest absolute Gasteiger partial charge is 0.254 e. The van der Waals surface area contributed by atoms with E-state index in [-0.39, 0.29) is 0 Å². The summed E-state index contributed by atoms with van der Waals surface area (Å²) in [5, 5.41) is 6.63. The van der Waals surface area contributed by atoms with Gasteiger partial charge < -0.3 is 0 Å². The van der Waals surface area contributed by atoms with Crippen molar-refractivity contribution >= 4 is 54.4 Å². The lowest BCUT2D eigenvalue weighted by molar-refractivity contribution is 1.29. The van der Waals surface area contributed by atoms with Gasteiger partial charge in [0.15, 0.2) is 0 Å². The predicted molar refractivity (Wildman–Crippen MR) is 205 cm³/mol. The number of fused-ring (bicyclic) bond motifs is 6. The number of rotatable bonds is 4. The molecule has 0 N–H and O–H groups in total. The smallest absolute Gasteiger partial charge is 0.0972 e. The van der Waals surface area contributed by atoms with Gasteiger partial charge in [-0.25, -0.2) is 15.0 Å². The van der Waals surface area contributed by atoms with Gasteiger partial charge in [0, 0.05) is 50.5 Å². The van der Waals surface area contributed by atoms with Crippen LogP contribution in [0.2, 0.25) is 0 Å². The van der Waals surface area contributed by atoms with Crippen molar-refractivity contribution in [3.63, 3.8) is 0 Å². The SMILES string of the molecule is c1ccc2cc(-c3ccc4ccc(-c5ccc6ccc(-c7ccc(-c8ccc9ccc%10cccnc%10c9n8)cc7)nc6c5)cc4n3)ncc2c1. The van der Waals surface area contributed by atoms with Crippen LogP contribution in [-0.4, -0.2) is 24.9 Å². The van der Waals surface area contributed by atoms with Crippen LogP contribution in [0.25, 0.3) is 99.4 Å². The maximum Gasteiger partial charge on any atom is 0.0972 e. The molecular weight excluding hydrogens is 611 g/mol. The zero-order chi connectivity index (χ0) is 33.0. The summed E-state index contributed by atoms with van der Waals surface area (Å²) in [6, 6.07) is 52.6. The highest BCUT2D eigenvalue weighted by Gasteiger charge is 2.10. The molecule has 0 unspecified atom stereocenters. The van der Waals surface area contributed by atoms with E-state index in [0.29, 0.717) is 0 Å². The number of benzene rings is 5. The molecule has 5 heterocycles. The molecule has 0 spiro atoms. The Morgan fingerprint density at radius 3 is 1.54 bits per heavy atom. The van der Waals surface area contributed by atoms with Crippen LogP contribution in [0.5, 0.6) is 0 Å². The first-order valence-electron chi connectivity index (χ1n) is 16.6. The molecule has 0 aliphatic heterocycles. The Morgan fingerprint density at radius 2 is 0.820 bits per heavy atom. The molecule has 0 radical (unpaired) electrons. The maximum absolute atomic E-state index is 5.10. The van der Waals surface area contributed by atoms with Gasteiger partial charge in [-0.3, -0.25) is 9.97 Å². The fourth-order valence-corrected chi connectivity index (χ4v) is 6.82. The molecule has 5 nitrogen and oxygen atoms in total. The standard InChI is InChI=1S/C45H27N5/c1-2-5-37-27-47-43(26-34(37)4-1)40-22-18-31-12-16-36(25-42(31)49-40)35-15-11-30-17-20-38(48-41(30)24-35)28-7-9-29(10-8-28)39-21-19-33-14-13-32-6-3-23-46-44(32)45(33)50-39/h1-27H. The Morgan fingerprint density at radius 1 is 0.300 bits per heavy atom. The van der Waals surface area contributed by atoms with Crippen LogP contribution < -0.4 is 0 Å². The molecule has 232 valence electrons. The average molecular weight is 638 g/mol. The van der Waals surface area contributed by atoms with Crippen LogP contribution in [0.1, 0.15) is 0 Å². The van der Waals surface area contributed by atoms with Crippen LogP contribution in [0.4, 0.5) is 0 Å². The summed E-state index contributed by atoms with van der Waals surface area (Å²) in [6.07, 6.45) is 3.74. The first kappa shape index (κ1) is 28.2. The van der Waals surface area contributed by atoms with E-state index in [9.17, 15) is 0 Å². The van der Waals surface area contributed by atoms with Crippen molar-refractivity contribution < 1.29 is 0 Å². The molecule has 0 fully saturated rings. The van der Waals surface area contributed by atoms with Gasteiger partial charge in [0.1, 0.15) is 0 Å². The molecule has 0 aliphatic carbocycles. The van der Waals surface area contributed by atoms with Crippen molar-refractivity contribution in [1.82, 2.24) is 24.9 Å². The highest BCUT2D eigenvalue weighted by Crippen LogP contribution is 2.31. The van der Waals surface area contributed by atoms with E-state index in [1.54, 1.807) is 0 Å². The lowest BCUT2D eigenvalue weighted by Gasteiger charge is -2.09. The van der Waals surface area contributed by atoms with Crippen molar-refractivity contribution in [3.8, 4) is 45.0 Å². The minimum Gasteiger partial charge on any atom is -0.254 e.